The van der Waals surface area contributed by atoms with E-state index >= 15 is 0 Å². The highest BCUT2D eigenvalue weighted by atomic mass is 32.2. The molecule has 0 aliphatic rings. The zero-order valence-corrected chi connectivity index (χ0v) is 8.50. The summed E-state index contributed by atoms with van der Waals surface area (Å²) in [5, 5.41) is 2.08. The second-order valence-corrected chi connectivity index (χ2v) is 3.84. The minimum Gasteiger partial charge on any atom is -0.237 e. The van der Waals surface area contributed by atoms with Gasteiger partial charge in [0.1, 0.15) is 0 Å². The topological polar surface area (TPSA) is 25.8 Å². The highest BCUT2D eigenvalue weighted by Crippen LogP contribution is 2.18. The summed E-state index contributed by atoms with van der Waals surface area (Å²) in [7, 11) is 0. The molecule has 0 N–H and O–H groups in total. The molecule has 0 amide bonds. The van der Waals surface area contributed by atoms with Gasteiger partial charge in [-0.2, -0.15) is 0 Å². The molecule has 2 aromatic rings. The lowest BCUT2D eigenvalue weighted by Gasteiger charge is -1.99. The van der Waals surface area contributed by atoms with Crippen LogP contribution in [0.3, 0.4) is 0 Å². The third-order valence-electron chi connectivity index (χ3n) is 1.79. The number of hydrogen-bond donors (Lipinski definition) is 0. The second kappa shape index (κ2) is 4.24. The first-order valence-corrected chi connectivity index (χ1v) is 5.34. The van der Waals surface area contributed by atoms with Crippen molar-refractivity contribution < 1.29 is 0 Å². The summed E-state index contributed by atoms with van der Waals surface area (Å²) in [5.41, 5.74) is 0.807. The van der Waals surface area contributed by atoms with E-state index in [2.05, 4.69) is 16.5 Å². The average Bonchev–Trinajstić information content (AvgIpc) is 2.26. The smallest absolute Gasteiger partial charge is 0.160 e. The lowest BCUT2D eigenvalue weighted by molar-refractivity contribution is 1.15. The number of fused-ring (bicyclic) bond motifs is 1. The number of pyridine rings is 2. The number of aromatic nitrogens is 2. The SMILES string of the molecule is C=CCSc1ccc2cccnc2n1. The lowest BCUT2D eigenvalue weighted by atomic mass is 10.3. The van der Waals surface area contributed by atoms with Crippen molar-refractivity contribution in [2.24, 2.45) is 0 Å². The molecule has 0 bridgehead atoms. The van der Waals surface area contributed by atoms with Gasteiger partial charge in [0.2, 0.25) is 0 Å². The van der Waals surface area contributed by atoms with E-state index in [1.807, 2.05) is 30.3 Å². The Labute approximate surface area is 87.1 Å². The van der Waals surface area contributed by atoms with E-state index in [9.17, 15) is 0 Å². The standard InChI is InChI=1S/C11H10N2S/c1-2-8-14-10-6-5-9-4-3-7-12-11(9)13-10/h2-7H,1,8H2. The lowest BCUT2D eigenvalue weighted by Crippen LogP contribution is -1.85. The molecule has 0 unspecified atom stereocenters. The molecule has 3 heteroatoms. The van der Waals surface area contributed by atoms with Crippen LogP contribution in [0.2, 0.25) is 0 Å². The van der Waals surface area contributed by atoms with Crippen LogP contribution in [0.5, 0.6) is 0 Å². The molecule has 14 heavy (non-hydrogen) atoms. The van der Waals surface area contributed by atoms with E-state index in [-0.39, 0.29) is 0 Å². The number of rotatable bonds is 3. The summed E-state index contributed by atoms with van der Waals surface area (Å²) in [6, 6.07) is 7.98. The van der Waals surface area contributed by atoms with Crippen molar-refractivity contribution >= 4 is 22.8 Å². The van der Waals surface area contributed by atoms with Crippen LogP contribution < -0.4 is 0 Å². The average molecular weight is 202 g/mol. The van der Waals surface area contributed by atoms with Crippen molar-refractivity contribution in [2.45, 2.75) is 5.03 Å². The van der Waals surface area contributed by atoms with Crippen LogP contribution in [0.15, 0.2) is 48.1 Å². The van der Waals surface area contributed by atoms with Crippen molar-refractivity contribution in [1.82, 2.24) is 9.97 Å². The van der Waals surface area contributed by atoms with Crippen molar-refractivity contribution in [2.75, 3.05) is 5.75 Å². The van der Waals surface area contributed by atoms with Crippen molar-refractivity contribution in [3.8, 4) is 0 Å². The highest BCUT2D eigenvalue weighted by molar-refractivity contribution is 7.99. The van der Waals surface area contributed by atoms with E-state index < -0.39 is 0 Å². The van der Waals surface area contributed by atoms with Crippen molar-refractivity contribution in [3.05, 3.63) is 43.1 Å². The van der Waals surface area contributed by atoms with E-state index in [1.165, 1.54) is 0 Å². The second-order valence-electron chi connectivity index (χ2n) is 2.80. The molecule has 0 aliphatic carbocycles. The number of nitrogens with zero attached hydrogens (tertiary/aromatic N) is 2. The molecule has 0 aliphatic heterocycles. The van der Waals surface area contributed by atoms with Gasteiger partial charge in [0.15, 0.2) is 5.65 Å². The Morgan fingerprint density at radius 1 is 1.36 bits per heavy atom. The van der Waals surface area contributed by atoms with Gasteiger partial charge in [0, 0.05) is 17.3 Å². The minimum atomic E-state index is 0.807. The van der Waals surface area contributed by atoms with Gasteiger partial charge < -0.3 is 0 Å². The van der Waals surface area contributed by atoms with Gasteiger partial charge >= 0.3 is 0 Å². The third kappa shape index (κ3) is 1.93. The highest BCUT2D eigenvalue weighted by Gasteiger charge is 1.97. The molecule has 0 saturated heterocycles. The summed E-state index contributed by atoms with van der Waals surface area (Å²) in [5.74, 6) is 0.880. The first-order valence-electron chi connectivity index (χ1n) is 4.35. The molecule has 70 valence electrons. The minimum absolute atomic E-state index is 0.807. The van der Waals surface area contributed by atoms with E-state index in [0.717, 1.165) is 21.8 Å². The van der Waals surface area contributed by atoms with Gasteiger partial charge in [-0.25, -0.2) is 9.97 Å². The zero-order valence-electron chi connectivity index (χ0n) is 7.68. The quantitative estimate of drug-likeness (QED) is 0.565. The molecule has 2 nitrogen and oxygen atoms in total. The van der Waals surface area contributed by atoms with Crippen LogP contribution >= 0.6 is 11.8 Å². The number of thioether (sulfide) groups is 1. The molecular formula is C11H10N2S. The summed E-state index contributed by atoms with van der Waals surface area (Å²) in [4.78, 5) is 8.62. The fourth-order valence-corrected chi connectivity index (χ4v) is 1.76. The third-order valence-corrected chi connectivity index (χ3v) is 2.71. The van der Waals surface area contributed by atoms with Crippen LogP contribution in [-0.4, -0.2) is 15.7 Å². The molecule has 0 saturated carbocycles. The Hall–Kier alpha value is -1.35. The molecule has 0 spiro atoms. The van der Waals surface area contributed by atoms with Crippen LogP contribution in [0.4, 0.5) is 0 Å². The maximum absolute atomic E-state index is 4.42. The monoisotopic (exact) mass is 202 g/mol. The van der Waals surface area contributed by atoms with Crippen LogP contribution in [0.25, 0.3) is 11.0 Å². The van der Waals surface area contributed by atoms with Gasteiger partial charge in [0.05, 0.1) is 5.03 Å². The summed E-state index contributed by atoms with van der Waals surface area (Å²) < 4.78 is 0. The van der Waals surface area contributed by atoms with Gasteiger partial charge in [-0.05, 0) is 24.3 Å². The Balaban J connectivity index is 2.36. The molecule has 2 rings (SSSR count). The fourth-order valence-electron chi connectivity index (χ4n) is 1.16. The van der Waals surface area contributed by atoms with Crippen molar-refractivity contribution in [3.63, 3.8) is 0 Å². The molecule has 2 aromatic heterocycles. The van der Waals surface area contributed by atoms with Gasteiger partial charge in [-0.1, -0.05) is 6.08 Å². The van der Waals surface area contributed by atoms with E-state index in [1.54, 1.807) is 18.0 Å². The van der Waals surface area contributed by atoms with Crippen LogP contribution in [-0.2, 0) is 0 Å². The fraction of sp³-hybridized carbons (Fsp3) is 0.0909. The normalized spacial score (nSPS) is 10.3. The summed E-state index contributed by atoms with van der Waals surface area (Å²) >= 11 is 1.67. The van der Waals surface area contributed by atoms with Crippen LogP contribution in [0.1, 0.15) is 0 Å². The van der Waals surface area contributed by atoms with Gasteiger partial charge in [-0.3, -0.25) is 0 Å². The summed E-state index contributed by atoms with van der Waals surface area (Å²) in [6.45, 7) is 3.67. The van der Waals surface area contributed by atoms with Gasteiger partial charge in [0.25, 0.3) is 0 Å². The zero-order chi connectivity index (χ0) is 9.80. The Kier molecular flexibility index (Phi) is 2.79. The Bertz CT molecular complexity index is 454. The molecule has 0 radical (unpaired) electrons. The largest absolute Gasteiger partial charge is 0.237 e. The predicted octanol–water partition coefficient (Wildman–Crippen LogP) is 2.91. The first kappa shape index (κ1) is 9.21. The van der Waals surface area contributed by atoms with Crippen LogP contribution in [0, 0.1) is 0 Å². The van der Waals surface area contributed by atoms with Gasteiger partial charge in [-0.15, -0.1) is 18.3 Å². The number of hydrogen-bond acceptors (Lipinski definition) is 3. The Morgan fingerprint density at radius 3 is 3.14 bits per heavy atom. The first-order chi connectivity index (χ1) is 6.90. The summed E-state index contributed by atoms with van der Waals surface area (Å²) in [6.07, 6.45) is 3.63. The maximum Gasteiger partial charge on any atom is 0.160 e. The molecule has 0 fully saturated rings. The molecule has 2 heterocycles. The molecule has 0 atom stereocenters. The maximum atomic E-state index is 4.42. The predicted molar refractivity (Wildman–Crippen MR) is 60.5 cm³/mol. The van der Waals surface area contributed by atoms with E-state index in [0.29, 0.717) is 0 Å². The molecular weight excluding hydrogens is 192 g/mol. The van der Waals surface area contributed by atoms with Crippen molar-refractivity contribution in [1.29, 1.82) is 0 Å². The molecule has 0 aromatic carbocycles. The van der Waals surface area contributed by atoms with E-state index in [4.69, 9.17) is 0 Å². The Morgan fingerprint density at radius 2 is 2.29 bits per heavy atom.